The molecule has 2 heterocycles. The lowest BCUT2D eigenvalue weighted by molar-refractivity contribution is 0.662. The number of nitrogens with one attached hydrogen (secondary N) is 2. The zero-order valence-electron chi connectivity index (χ0n) is 8.78. The summed E-state index contributed by atoms with van der Waals surface area (Å²) < 4.78 is 0.873. The third-order valence-corrected chi connectivity index (χ3v) is 2.61. The van der Waals surface area contributed by atoms with E-state index in [0.717, 1.165) is 35.6 Å². The van der Waals surface area contributed by atoms with E-state index in [1.807, 2.05) is 24.4 Å². The Bertz CT molecular complexity index is 427. The molecule has 5 heteroatoms. The highest BCUT2D eigenvalue weighted by Crippen LogP contribution is 2.05. The van der Waals surface area contributed by atoms with E-state index in [2.05, 4.69) is 36.2 Å². The maximum absolute atomic E-state index is 4.34. The van der Waals surface area contributed by atoms with Gasteiger partial charge in [-0.25, -0.2) is 9.97 Å². The van der Waals surface area contributed by atoms with E-state index in [9.17, 15) is 0 Å². The number of nitrogens with zero attached hydrogens (tertiary/aromatic N) is 2. The SMILES string of the molecule is Brc1cccc(CNCCc2ncc[nH]2)n1. The van der Waals surface area contributed by atoms with Gasteiger partial charge in [-0.1, -0.05) is 6.07 Å². The molecule has 0 fully saturated rings. The summed E-state index contributed by atoms with van der Waals surface area (Å²) in [6.07, 6.45) is 4.51. The number of hydrogen-bond acceptors (Lipinski definition) is 3. The summed E-state index contributed by atoms with van der Waals surface area (Å²) in [5, 5.41) is 3.32. The third kappa shape index (κ3) is 3.43. The van der Waals surface area contributed by atoms with Gasteiger partial charge >= 0.3 is 0 Å². The van der Waals surface area contributed by atoms with Crippen LogP contribution in [0.5, 0.6) is 0 Å². The van der Waals surface area contributed by atoms with Crippen molar-refractivity contribution < 1.29 is 0 Å². The predicted molar refractivity (Wildman–Crippen MR) is 65.9 cm³/mol. The Morgan fingerprint density at radius 3 is 3.06 bits per heavy atom. The Hall–Kier alpha value is -1.20. The van der Waals surface area contributed by atoms with Gasteiger partial charge in [0.15, 0.2) is 0 Å². The van der Waals surface area contributed by atoms with E-state index >= 15 is 0 Å². The fourth-order valence-electron chi connectivity index (χ4n) is 1.41. The Labute approximate surface area is 103 Å². The molecule has 0 aliphatic carbocycles. The molecular weight excluding hydrogens is 268 g/mol. The van der Waals surface area contributed by atoms with Gasteiger partial charge in [0.1, 0.15) is 10.4 Å². The van der Waals surface area contributed by atoms with E-state index in [1.165, 1.54) is 0 Å². The standard InChI is InChI=1S/C11H13BrN4/c12-10-3-1-2-9(16-10)8-13-5-4-11-14-6-7-15-11/h1-3,6-7,13H,4-5,8H2,(H,14,15). The molecule has 0 saturated heterocycles. The summed E-state index contributed by atoms with van der Waals surface area (Å²) in [6.45, 7) is 1.67. The molecule has 2 rings (SSSR count). The number of imidazole rings is 1. The average Bonchev–Trinajstić information content (AvgIpc) is 2.77. The van der Waals surface area contributed by atoms with Crippen LogP contribution in [0.25, 0.3) is 0 Å². The Morgan fingerprint density at radius 1 is 1.38 bits per heavy atom. The van der Waals surface area contributed by atoms with Crippen molar-refractivity contribution in [2.24, 2.45) is 0 Å². The first-order valence-electron chi connectivity index (χ1n) is 5.15. The minimum Gasteiger partial charge on any atom is -0.349 e. The molecule has 4 nitrogen and oxygen atoms in total. The average molecular weight is 281 g/mol. The fourth-order valence-corrected chi connectivity index (χ4v) is 1.79. The highest BCUT2D eigenvalue weighted by atomic mass is 79.9. The van der Waals surface area contributed by atoms with Crippen molar-refractivity contribution in [2.75, 3.05) is 6.54 Å². The Kier molecular flexibility index (Phi) is 4.07. The highest BCUT2D eigenvalue weighted by molar-refractivity contribution is 9.10. The minimum atomic E-state index is 0.778. The van der Waals surface area contributed by atoms with Gasteiger partial charge in [0.2, 0.25) is 0 Å². The maximum Gasteiger partial charge on any atom is 0.107 e. The maximum atomic E-state index is 4.34. The zero-order valence-corrected chi connectivity index (χ0v) is 10.4. The lowest BCUT2D eigenvalue weighted by Gasteiger charge is -2.03. The first-order valence-corrected chi connectivity index (χ1v) is 5.94. The number of pyridine rings is 1. The van der Waals surface area contributed by atoms with Crippen LogP contribution in [-0.4, -0.2) is 21.5 Å². The van der Waals surface area contributed by atoms with Crippen LogP contribution in [0, 0.1) is 0 Å². The van der Waals surface area contributed by atoms with Crippen LogP contribution in [-0.2, 0) is 13.0 Å². The van der Waals surface area contributed by atoms with Crippen LogP contribution < -0.4 is 5.32 Å². The van der Waals surface area contributed by atoms with Gasteiger partial charge in [-0.05, 0) is 28.1 Å². The van der Waals surface area contributed by atoms with Gasteiger partial charge in [-0.2, -0.15) is 0 Å². The topological polar surface area (TPSA) is 53.6 Å². The summed E-state index contributed by atoms with van der Waals surface area (Å²) >= 11 is 3.35. The molecular formula is C11H13BrN4. The molecule has 0 aliphatic rings. The van der Waals surface area contributed by atoms with Crippen molar-refractivity contribution in [1.82, 2.24) is 20.3 Å². The fraction of sp³-hybridized carbons (Fsp3) is 0.273. The van der Waals surface area contributed by atoms with Crippen LogP contribution in [0.3, 0.4) is 0 Å². The van der Waals surface area contributed by atoms with Crippen molar-refractivity contribution in [3.63, 3.8) is 0 Å². The molecule has 0 unspecified atom stereocenters. The van der Waals surface area contributed by atoms with Crippen molar-refractivity contribution in [3.8, 4) is 0 Å². The molecule has 0 spiro atoms. The van der Waals surface area contributed by atoms with Gasteiger partial charge in [0, 0.05) is 31.9 Å². The van der Waals surface area contributed by atoms with Crippen LogP contribution in [0.15, 0.2) is 35.2 Å². The lowest BCUT2D eigenvalue weighted by atomic mass is 10.3. The van der Waals surface area contributed by atoms with Crippen LogP contribution in [0.4, 0.5) is 0 Å². The van der Waals surface area contributed by atoms with E-state index in [1.54, 1.807) is 6.20 Å². The number of aromatic amines is 1. The second kappa shape index (κ2) is 5.77. The van der Waals surface area contributed by atoms with Gasteiger partial charge in [-0.15, -0.1) is 0 Å². The smallest absolute Gasteiger partial charge is 0.107 e. The normalized spacial score (nSPS) is 10.6. The van der Waals surface area contributed by atoms with E-state index in [4.69, 9.17) is 0 Å². The second-order valence-electron chi connectivity index (χ2n) is 3.41. The predicted octanol–water partition coefficient (Wildman–Crippen LogP) is 1.90. The van der Waals surface area contributed by atoms with Gasteiger partial charge in [0.05, 0.1) is 5.69 Å². The largest absolute Gasteiger partial charge is 0.349 e. The van der Waals surface area contributed by atoms with Crippen molar-refractivity contribution >= 4 is 15.9 Å². The molecule has 16 heavy (non-hydrogen) atoms. The molecule has 0 atom stereocenters. The summed E-state index contributed by atoms with van der Waals surface area (Å²) in [5.41, 5.74) is 1.04. The summed E-state index contributed by atoms with van der Waals surface area (Å²) in [5.74, 6) is 1.01. The molecule has 0 bridgehead atoms. The van der Waals surface area contributed by atoms with E-state index < -0.39 is 0 Å². The second-order valence-corrected chi connectivity index (χ2v) is 4.23. The number of rotatable bonds is 5. The first kappa shape index (κ1) is 11.3. The molecule has 2 aromatic heterocycles. The Balaban J connectivity index is 1.72. The van der Waals surface area contributed by atoms with Crippen molar-refractivity contribution in [2.45, 2.75) is 13.0 Å². The third-order valence-electron chi connectivity index (χ3n) is 2.17. The van der Waals surface area contributed by atoms with E-state index in [0.29, 0.717) is 0 Å². The molecule has 0 aliphatic heterocycles. The lowest BCUT2D eigenvalue weighted by Crippen LogP contribution is -2.17. The number of hydrogen-bond donors (Lipinski definition) is 2. The van der Waals surface area contributed by atoms with Crippen LogP contribution in [0.1, 0.15) is 11.5 Å². The first-order chi connectivity index (χ1) is 7.84. The zero-order chi connectivity index (χ0) is 11.2. The molecule has 0 saturated carbocycles. The monoisotopic (exact) mass is 280 g/mol. The quantitative estimate of drug-likeness (QED) is 0.650. The van der Waals surface area contributed by atoms with Crippen molar-refractivity contribution in [1.29, 1.82) is 0 Å². The van der Waals surface area contributed by atoms with Gasteiger partial charge < -0.3 is 10.3 Å². The van der Waals surface area contributed by atoms with Gasteiger partial charge in [0.25, 0.3) is 0 Å². The molecule has 2 aromatic rings. The highest BCUT2D eigenvalue weighted by Gasteiger charge is 1.96. The summed E-state index contributed by atoms with van der Waals surface area (Å²) in [6, 6.07) is 5.91. The number of H-pyrrole nitrogens is 1. The van der Waals surface area contributed by atoms with Gasteiger partial charge in [-0.3, -0.25) is 0 Å². The Morgan fingerprint density at radius 2 is 2.31 bits per heavy atom. The van der Waals surface area contributed by atoms with Crippen LogP contribution >= 0.6 is 15.9 Å². The van der Waals surface area contributed by atoms with E-state index in [-0.39, 0.29) is 0 Å². The molecule has 2 N–H and O–H groups in total. The summed E-state index contributed by atoms with van der Waals surface area (Å²) in [4.78, 5) is 11.6. The minimum absolute atomic E-state index is 0.778. The molecule has 84 valence electrons. The van der Waals surface area contributed by atoms with Crippen molar-refractivity contribution in [3.05, 3.63) is 46.7 Å². The molecule has 0 aromatic carbocycles. The number of halogens is 1. The van der Waals surface area contributed by atoms with Crippen LogP contribution in [0.2, 0.25) is 0 Å². The summed E-state index contributed by atoms with van der Waals surface area (Å²) in [7, 11) is 0. The number of aromatic nitrogens is 3. The molecule has 0 radical (unpaired) electrons. The molecule has 0 amide bonds.